The Morgan fingerprint density at radius 1 is 0.698 bits per heavy atom. The van der Waals surface area contributed by atoms with Crippen LogP contribution in [-0.4, -0.2) is 65.7 Å². The lowest BCUT2D eigenvalue weighted by molar-refractivity contribution is -0.161. The van der Waals surface area contributed by atoms with Crippen molar-refractivity contribution in [2.45, 2.75) is 90.3 Å². The van der Waals surface area contributed by atoms with Crippen molar-refractivity contribution < 1.29 is 47.8 Å². The van der Waals surface area contributed by atoms with Crippen molar-refractivity contribution in [2.75, 3.05) is 26.4 Å². The number of hydrogen-bond acceptors (Lipinski definition) is 9. The van der Waals surface area contributed by atoms with E-state index < -0.39 is 51.8 Å². The first kappa shape index (κ1) is 40.4. The second kappa shape index (κ2) is 28.2. The predicted molar refractivity (Wildman–Crippen MR) is 168 cm³/mol. The Kier molecular flexibility index (Phi) is 26.5. The fourth-order valence-electron chi connectivity index (χ4n) is 3.11. The number of esters is 2. The highest BCUT2D eigenvalue weighted by Gasteiger charge is 2.27. The highest BCUT2D eigenvalue weighted by Crippen LogP contribution is 2.43. The molecule has 3 unspecified atom stereocenters. The molecule has 0 bridgehead atoms. The van der Waals surface area contributed by atoms with Crippen LogP contribution in [0, 0.1) is 0 Å². The third kappa shape index (κ3) is 28.0. The predicted octanol–water partition coefficient (Wildman–Crippen LogP) is 6.21. The van der Waals surface area contributed by atoms with Gasteiger partial charge in [-0.3, -0.25) is 18.6 Å². The average Bonchev–Trinajstić information content (AvgIpc) is 2.98. The van der Waals surface area contributed by atoms with E-state index in [4.69, 9.17) is 19.1 Å². The number of ether oxygens (including phenoxy) is 2. The van der Waals surface area contributed by atoms with Gasteiger partial charge in [-0.1, -0.05) is 86.8 Å². The summed E-state index contributed by atoms with van der Waals surface area (Å²) >= 11 is 0. The van der Waals surface area contributed by atoms with E-state index in [0.29, 0.717) is 12.8 Å². The lowest BCUT2D eigenvalue weighted by Crippen LogP contribution is -2.29. The molecule has 0 heterocycles. The lowest BCUT2D eigenvalue weighted by Gasteiger charge is -2.20. The van der Waals surface area contributed by atoms with E-state index >= 15 is 0 Å². The van der Waals surface area contributed by atoms with Gasteiger partial charge in [-0.25, -0.2) is 4.57 Å². The van der Waals surface area contributed by atoms with Gasteiger partial charge in [0, 0.05) is 12.8 Å². The first-order chi connectivity index (χ1) is 20.7. The molecule has 10 nitrogen and oxygen atoms in total. The molecule has 0 fully saturated rings. The third-order valence-electron chi connectivity index (χ3n) is 5.36. The standard InChI is InChI=1S/C32H51O10P/c1-3-5-6-7-8-9-10-11-12-13-14-15-16-17-18-19-20-21-22-24-32(36)42-30(27-39-31(35)23-4-2)28-41-43(37,38)40-26-29(34)25-33/h5-6,8-9,11-12,14-15,17-18,20-21,29-30,33-34H,3-4,7,10,13,16,19,22-28H2,1-2H3,(H,37,38)/b6-5-,9-8-,12-11-,15-14-,18-17-,21-20-. The van der Waals surface area contributed by atoms with Crippen molar-refractivity contribution >= 4 is 19.8 Å². The van der Waals surface area contributed by atoms with Gasteiger partial charge in [-0.05, 0) is 51.4 Å². The van der Waals surface area contributed by atoms with Crippen LogP contribution in [0.4, 0.5) is 0 Å². The summed E-state index contributed by atoms with van der Waals surface area (Å²) in [5.41, 5.74) is 0. The molecule has 0 aromatic heterocycles. The molecular weight excluding hydrogens is 575 g/mol. The Morgan fingerprint density at radius 3 is 1.67 bits per heavy atom. The SMILES string of the molecule is CC/C=C\C/C=C\C/C=C\C/C=C\C/C=C\C/C=C\CCC(=O)OC(COC(=O)CCC)COP(=O)(O)OCC(O)CO. The zero-order chi connectivity index (χ0) is 32.0. The van der Waals surface area contributed by atoms with Crippen LogP contribution in [-0.2, 0) is 32.7 Å². The molecule has 0 radical (unpaired) electrons. The van der Waals surface area contributed by atoms with Crippen LogP contribution in [0.2, 0.25) is 0 Å². The van der Waals surface area contributed by atoms with Gasteiger partial charge in [0.1, 0.15) is 12.7 Å². The Balaban J connectivity index is 4.34. The first-order valence-electron chi connectivity index (χ1n) is 14.9. The van der Waals surface area contributed by atoms with E-state index in [9.17, 15) is 24.2 Å². The van der Waals surface area contributed by atoms with Crippen molar-refractivity contribution in [2.24, 2.45) is 0 Å². The fraction of sp³-hybridized carbons (Fsp3) is 0.562. The molecule has 0 saturated carbocycles. The molecule has 43 heavy (non-hydrogen) atoms. The molecule has 0 rings (SSSR count). The number of allylic oxidation sites excluding steroid dienone is 12. The second-order valence-electron chi connectivity index (χ2n) is 9.40. The molecule has 244 valence electrons. The highest BCUT2D eigenvalue weighted by atomic mass is 31.2. The van der Waals surface area contributed by atoms with Crippen LogP contribution in [0.15, 0.2) is 72.9 Å². The molecule has 3 atom stereocenters. The van der Waals surface area contributed by atoms with Crippen molar-refractivity contribution in [1.29, 1.82) is 0 Å². The Hall–Kier alpha value is -2.59. The maximum absolute atomic E-state index is 12.3. The molecule has 0 spiro atoms. The number of phosphoric ester groups is 1. The molecule has 3 N–H and O–H groups in total. The van der Waals surface area contributed by atoms with Gasteiger partial charge in [0.05, 0.1) is 19.8 Å². The van der Waals surface area contributed by atoms with Crippen LogP contribution in [0.25, 0.3) is 0 Å². The van der Waals surface area contributed by atoms with Gasteiger partial charge in [0.25, 0.3) is 0 Å². The van der Waals surface area contributed by atoms with E-state index in [-0.39, 0.29) is 19.4 Å². The minimum Gasteiger partial charge on any atom is -0.462 e. The molecule has 0 aromatic rings. The van der Waals surface area contributed by atoms with E-state index in [1.807, 2.05) is 18.2 Å². The number of carbonyl (C=O) groups is 2. The zero-order valence-electron chi connectivity index (χ0n) is 25.6. The summed E-state index contributed by atoms with van der Waals surface area (Å²) in [5.74, 6) is -1.10. The molecular formula is C32H51O10P. The van der Waals surface area contributed by atoms with Gasteiger partial charge in [0.15, 0.2) is 6.10 Å². The Labute approximate surface area is 257 Å². The molecule has 0 aromatic carbocycles. The van der Waals surface area contributed by atoms with Crippen LogP contribution in [0.1, 0.15) is 78.1 Å². The highest BCUT2D eigenvalue weighted by molar-refractivity contribution is 7.47. The summed E-state index contributed by atoms with van der Waals surface area (Å²) in [4.78, 5) is 33.7. The van der Waals surface area contributed by atoms with Crippen LogP contribution >= 0.6 is 7.82 Å². The number of hydrogen-bond donors (Lipinski definition) is 3. The summed E-state index contributed by atoms with van der Waals surface area (Å²) in [6.45, 7) is 1.70. The summed E-state index contributed by atoms with van der Waals surface area (Å²) in [6, 6.07) is 0. The summed E-state index contributed by atoms with van der Waals surface area (Å²) in [7, 11) is -4.61. The summed E-state index contributed by atoms with van der Waals surface area (Å²) < 4.78 is 31.7. The van der Waals surface area contributed by atoms with Gasteiger partial charge in [0.2, 0.25) is 0 Å². The van der Waals surface area contributed by atoms with Gasteiger partial charge in [-0.2, -0.15) is 0 Å². The average molecular weight is 627 g/mol. The van der Waals surface area contributed by atoms with Crippen molar-refractivity contribution in [3.05, 3.63) is 72.9 Å². The number of rotatable bonds is 26. The molecule has 0 aliphatic heterocycles. The van der Waals surface area contributed by atoms with Crippen LogP contribution in [0.5, 0.6) is 0 Å². The van der Waals surface area contributed by atoms with Crippen LogP contribution < -0.4 is 0 Å². The van der Waals surface area contributed by atoms with Crippen LogP contribution in [0.3, 0.4) is 0 Å². The monoisotopic (exact) mass is 626 g/mol. The van der Waals surface area contributed by atoms with Gasteiger partial charge < -0.3 is 24.6 Å². The number of aliphatic hydroxyl groups excluding tert-OH is 2. The second-order valence-corrected chi connectivity index (χ2v) is 10.8. The lowest BCUT2D eigenvalue weighted by atomic mass is 10.2. The van der Waals surface area contributed by atoms with E-state index in [1.54, 1.807) is 6.92 Å². The first-order valence-corrected chi connectivity index (χ1v) is 16.4. The number of carbonyl (C=O) groups excluding carboxylic acids is 2. The normalized spacial score (nSPS) is 15.4. The summed E-state index contributed by atoms with van der Waals surface area (Å²) in [5, 5.41) is 18.0. The maximum Gasteiger partial charge on any atom is 0.472 e. The molecule has 0 saturated heterocycles. The smallest absolute Gasteiger partial charge is 0.462 e. The fourth-order valence-corrected chi connectivity index (χ4v) is 3.90. The van der Waals surface area contributed by atoms with E-state index in [0.717, 1.165) is 38.5 Å². The summed E-state index contributed by atoms with van der Waals surface area (Å²) in [6.07, 6.45) is 29.4. The van der Waals surface area contributed by atoms with E-state index in [1.165, 1.54) is 0 Å². The van der Waals surface area contributed by atoms with Gasteiger partial charge >= 0.3 is 19.8 Å². The Bertz CT molecular complexity index is 952. The third-order valence-corrected chi connectivity index (χ3v) is 6.31. The minimum atomic E-state index is -4.61. The molecule has 11 heteroatoms. The van der Waals surface area contributed by atoms with E-state index in [2.05, 4.69) is 66.1 Å². The number of aliphatic hydroxyl groups is 2. The molecule has 0 amide bonds. The molecule has 0 aliphatic rings. The van der Waals surface area contributed by atoms with Crippen molar-refractivity contribution in [3.63, 3.8) is 0 Å². The molecule has 0 aliphatic carbocycles. The number of phosphoric acid groups is 1. The van der Waals surface area contributed by atoms with Gasteiger partial charge in [-0.15, -0.1) is 0 Å². The zero-order valence-corrected chi connectivity index (χ0v) is 26.5. The maximum atomic E-state index is 12.3. The largest absolute Gasteiger partial charge is 0.472 e. The Morgan fingerprint density at radius 2 is 1.19 bits per heavy atom. The minimum absolute atomic E-state index is 0.0531. The quantitative estimate of drug-likeness (QED) is 0.0575. The van der Waals surface area contributed by atoms with Crippen molar-refractivity contribution in [3.8, 4) is 0 Å². The topological polar surface area (TPSA) is 149 Å². The van der Waals surface area contributed by atoms with Crippen molar-refractivity contribution in [1.82, 2.24) is 0 Å².